The Kier molecular flexibility index (Phi) is 5.97. The number of ether oxygens (including phenoxy) is 1. The first kappa shape index (κ1) is 24.8. The molecular weight excluding hydrogens is 508 g/mol. The molecule has 0 saturated carbocycles. The van der Waals surface area contributed by atoms with E-state index in [1.807, 2.05) is 26.2 Å². The molecule has 1 aliphatic carbocycles. The summed E-state index contributed by atoms with van der Waals surface area (Å²) in [5.74, 6) is 0.777. The zero-order chi connectivity index (χ0) is 27.5. The highest BCUT2D eigenvalue weighted by Gasteiger charge is 2.45. The average Bonchev–Trinajstić information content (AvgIpc) is 3.32. The van der Waals surface area contributed by atoms with Gasteiger partial charge >= 0.3 is 0 Å². The monoisotopic (exact) mass is 542 g/mol. The third kappa shape index (κ3) is 4.35. The highest BCUT2D eigenvalue weighted by Crippen LogP contribution is 2.38. The number of nitrogens with one attached hydrogen (secondary N) is 1. The SMILES string of the molecule is Cc1ncc(C)c(-c2ccc(-c3[nH]nc4ncc(-c5ccc6c(c5)CC[C@@H](N5C7COCC5C7)CC6)cc34)cc2)n1. The first-order valence-electron chi connectivity index (χ1n) is 14.8. The summed E-state index contributed by atoms with van der Waals surface area (Å²) in [6.45, 7) is 5.81. The summed E-state index contributed by atoms with van der Waals surface area (Å²) >= 11 is 0. The molecule has 0 spiro atoms. The second-order valence-electron chi connectivity index (χ2n) is 12.0. The van der Waals surface area contributed by atoms with Gasteiger partial charge in [-0.2, -0.15) is 5.10 Å². The van der Waals surface area contributed by atoms with Gasteiger partial charge in [0.2, 0.25) is 0 Å². The molecule has 0 radical (unpaired) electrons. The highest BCUT2D eigenvalue weighted by molar-refractivity contribution is 5.93. The Hall–Kier alpha value is -3.94. The van der Waals surface area contributed by atoms with Crippen molar-refractivity contribution in [2.45, 2.75) is 64.1 Å². The number of H-pyrrole nitrogens is 1. The van der Waals surface area contributed by atoms with Crippen LogP contribution in [0.4, 0.5) is 0 Å². The van der Waals surface area contributed by atoms with Crippen molar-refractivity contribution >= 4 is 11.0 Å². The number of aromatic amines is 1. The van der Waals surface area contributed by atoms with E-state index in [1.165, 1.54) is 36.0 Å². The molecule has 5 aromatic rings. The van der Waals surface area contributed by atoms with Gasteiger partial charge in [-0.1, -0.05) is 42.5 Å². The minimum atomic E-state index is 0.648. The van der Waals surface area contributed by atoms with Gasteiger partial charge in [0, 0.05) is 52.6 Å². The number of morpholine rings is 1. The molecule has 1 N–H and O–H groups in total. The van der Waals surface area contributed by atoms with Crippen LogP contribution in [0.3, 0.4) is 0 Å². The molecule has 3 aromatic heterocycles. The Bertz CT molecular complexity index is 1750. The van der Waals surface area contributed by atoms with Gasteiger partial charge in [0.15, 0.2) is 5.65 Å². The van der Waals surface area contributed by atoms with Gasteiger partial charge in [0.25, 0.3) is 0 Å². The van der Waals surface area contributed by atoms with Gasteiger partial charge in [0.05, 0.1) is 24.6 Å². The lowest BCUT2D eigenvalue weighted by Crippen LogP contribution is -2.66. The van der Waals surface area contributed by atoms with Crippen LogP contribution in [0.2, 0.25) is 0 Å². The van der Waals surface area contributed by atoms with Gasteiger partial charge < -0.3 is 4.74 Å². The normalized spacial score (nSPS) is 22.2. The second kappa shape index (κ2) is 9.86. The molecule has 206 valence electrons. The van der Waals surface area contributed by atoms with Crippen molar-refractivity contribution < 1.29 is 4.74 Å². The number of nitrogens with zero attached hydrogens (tertiary/aromatic N) is 5. The lowest BCUT2D eigenvalue weighted by Gasteiger charge is -2.56. The molecule has 2 bridgehead atoms. The predicted octanol–water partition coefficient (Wildman–Crippen LogP) is 6.09. The van der Waals surface area contributed by atoms with Crippen molar-refractivity contribution in [1.82, 2.24) is 30.0 Å². The molecule has 41 heavy (non-hydrogen) atoms. The van der Waals surface area contributed by atoms with E-state index in [0.717, 1.165) is 76.6 Å². The van der Waals surface area contributed by atoms with Crippen molar-refractivity contribution in [3.8, 4) is 33.6 Å². The lowest BCUT2D eigenvalue weighted by molar-refractivity contribution is -0.148. The second-order valence-corrected chi connectivity index (χ2v) is 12.0. The van der Waals surface area contributed by atoms with E-state index in [9.17, 15) is 0 Å². The maximum Gasteiger partial charge on any atom is 0.181 e. The van der Waals surface area contributed by atoms with E-state index in [2.05, 4.69) is 73.6 Å². The van der Waals surface area contributed by atoms with Crippen molar-refractivity contribution in [1.29, 1.82) is 0 Å². The van der Waals surface area contributed by atoms with E-state index in [1.54, 1.807) is 0 Å². The standard InChI is InChI=1S/C34H34N6O/c1-20-16-35-21(2)37-32(20)23-4-6-24(7-5-23)33-31-14-27(17-36-34(31)39-38-33)26-8-3-22-9-11-28(12-10-25(22)13-26)40-29-15-30(40)19-41-18-29/h3-8,13-14,16-17,28-30H,9-12,15,18-19H2,1-2H3,(H,36,38,39)/t28-,29?,30?/m0/s1. The molecule has 2 aromatic carbocycles. The number of pyridine rings is 1. The molecule has 0 amide bonds. The maximum absolute atomic E-state index is 5.74. The molecule has 8 rings (SSSR count). The number of hydrogen-bond acceptors (Lipinski definition) is 6. The number of aryl methyl sites for hydroxylation is 4. The van der Waals surface area contributed by atoms with Crippen LogP contribution >= 0.6 is 0 Å². The van der Waals surface area contributed by atoms with Crippen LogP contribution in [0.1, 0.15) is 41.8 Å². The lowest BCUT2D eigenvalue weighted by atomic mass is 9.87. The largest absolute Gasteiger partial charge is 0.378 e. The molecule has 5 heterocycles. The summed E-state index contributed by atoms with van der Waals surface area (Å²) in [6, 6.07) is 19.7. The molecule has 2 fully saturated rings. The molecule has 2 saturated heterocycles. The van der Waals surface area contributed by atoms with Crippen molar-refractivity contribution in [3.63, 3.8) is 0 Å². The quantitative estimate of drug-likeness (QED) is 0.277. The summed E-state index contributed by atoms with van der Waals surface area (Å²) < 4.78 is 5.74. The maximum atomic E-state index is 5.74. The topological polar surface area (TPSA) is 79.8 Å². The minimum Gasteiger partial charge on any atom is -0.378 e. The van der Waals surface area contributed by atoms with Gasteiger partial charge in [-0.25, -0.2) is 15.0 Å². The van der Waals surface area contributed by atoms with E-state index < -0.39 is 0 Å². The Morgan fingerprint density at radius 1 is 0.780 bits per heavy atom. The van der Waals surface area contributed by atoms with Crippen molar-refractivity contribution in [2.24, 2.45) is 0 Å². The van der Waals surface area contributed by atoms with Gasteiger partial charge in [-0.15, -0.1) is 0 Å². The summed E-state index contributed by atoms with van der Waals surface area (Å²) in [4.78, 5) is 16.5. The molecular formula is C34H34N6O. The first-order valence-corrected chi connectivity index (χ1v) is 14.8. The minimum absolute atomic E-state index is 0.648. The number of hydrogen-bond donors (Lipinski definition) is 1. The summed E-state index contributed by atoms with van der Waals surface area (Å²) in [7, 11) is 0. The van der Waals surface area contributed by atoms with E-state index in [4.69, 9.17) is 9.72 Å². The van der Waals surface area contributed by atoms with Crippen LogP contribution in [-0.4, -0.2) is 61.4 Å². The third-order valence-electron chi connectivity index (χ3n) is 9.41. The van der Waals surface area contributed by atoms with Crippen molar-refractivity contribution in [3.05, 3.63) is 83.4 Å². The third-order valence-corrected chi connectivity index (χ3v) is 9.41. The molecule has 2 unspecified atom stereocenters. The van der Waals surface area contributed by atoms with Crippen LogP contribution in [-0.2, 0) is 17.6 Å². The summed E-state index contributed by atoms with van der Waals surface area (Å²) in [6.07, 6.45) is 9.94. The molecule has 7 nitrogen and oxygen atoms in total. The van der Waals surface area contributed by atoms with E-state index in [-0.39, 0.29) is 0 Å². The fourth-order valence-electron chi connectivity index (χ4n) is 7.23. The van der Waals surface area contributed by atoms with Crippen LogP contribution < -0.4 is 0 Å². The number of rotatable bonds is 4. The van der Waals surface area contributed by atoms with E-state index in [0.29, 0.717) is 18.1 Å². The highest BCUT2D eigenvalue weighted by atomic mass is 16.5. The molecule has 3 aliphatic rings. The van der Waals surface area contributed by atoms with Crippen LogP contribution in [0, 0.1) is 13.8 Å². The fourth-order valence-corrected chi connectivity index (χ4v) is 7.23. The zero-order valence-electron chi connectivity index (χ0n) is 23.6. The fraction of sp³-hybridized carbons (Fsp3) is 0.353. The van der Waals surface area contributed by atoms with Gasteiger partial charge in [0.1, 0.15) is 5.82 Å². The van der Waals surface area contributed by atoms with E-state index >= 15 is 0 Å². The smallest absolute Gasteiger partial charge is 0.181 e. The van der Waals surface area contributed by atoms with Gasteiger partial charge in [-0.05, 0) is 74.3 Å². The molecule has 7 heteroatoms. The summed E-state index contributed by atoms with van der Waals surface area (Å²) in [5, 5.41) is 8.78. The Morgan fingerprint density at radius 3 is 2.34 bits per heavy atom. The van der Waals surface area contributed by atoms with Crippen LogP contribution in [0.5, 0.6) is 0 Å². The number of aromatic nitrogens is 5. The molecule has 3 atom stereocenters. The van der Waals surface area contributed by atoms with Crippen molar-refractivity contribution in [2.75, 3.05) is 13.2 Å². The summed E-state index contributed by atoms with van der Waals surface area (Å²) in [5.41, 5.74) is 11.3. The number of benzene rings is 2. The molecule has 2 aliphatic heterocycles. The van der Waals surface area contributed by atoms with Gasteiger partial charge in [-0.3, -0.25) is 10.00 Å². The van der Waals surface area contributed by atoms with Crippen LogP contribution in [0.25, 0.3) is 44.7 Å². The number of fused-ring (bicyclic) bond motifs is 4. The predicted molar refractivity (Wildman–Crippen MR) is 161 cm³/mol. The Labute approximate surface area is 240 Å². The Balaban J connectivity index is 1.06. The Morgan fingerprint density at radius 2 is 1.54 bits per heavy atom. The average molecular weight is 543 g/mol. The van der Waals surface area contributed by atoms with Crippen LogP contribution in [0.15, 0.2) is 60.9 Å². The zero-order valence-corrected chi connectivity index (χ0v) is 23.6. The first-order chi connectivity index (χ1) is 20.1.